The van der Waals surface area contributed by atoms with Gasteiger partial charge in [0, 0.05) is 0 Å². The van der Waals surface area contributed by atoms with Crippen LogP contribution in [0, 0.1) is 6.92 Å². The van der Waals surface area contributed by atoms with E-state index in [0.717, 1.165) is 6.42 Å². The van der Waals surface area contributed by atoms with Crippen LogP contribution in [0.2, 0.25) is 20.7 Å². The molecular formula is C21H37Si. The first kappa shape index (κ1) is 19.5. The Morgan fingerprint density at radius 2 is 1.14 bits per heavy atom. The van der Waals surface area contributed by atoms with E-state index in [1.54, 1.807) is 0 Å². The largest absolute Gasteiger partial charge is 0.0732 e. The lowest BCUT2D eigenvalue weighted by molar-refractivity contribution is 0.510. The quantitative estimate of drug-likeness (QED) is 0.514. The van der Waals surface area contributed by atoms with Crippen molar-refractivity contribution < 1.29 is 0 Å². The van der Waals surface area contributed by atoms with Crippen molar-refractivity contribution in [3.05, 3.63) is 42.8 Å². The molecule has 1 aromatic rings. The van der Waals surface area contributed by atoms with Crippen molar-refractivity contribution in [3.8, 4) is 0 Å². The van der Waals surface area contributed by atoms with Crippen molar-refractivity contribution in [1.29, 1.82) is 0 Å². The molecule has 0 amide bonds. The molecule has 125 valence electrons. The lowest BCUT2D eigenvalue weighted by Gasteiger charge is -2.62. The highest BCUT2D eigenvalue weighted by atomic mass is 28.3. The zero-order chi connectivity index (χ0) is 17.4. The summed E-state index contributed by atoms with van der Waals surface area (Å²) in [5.74, 6) is 0. The Morgan fingerprint density at radius 1 is 0.773 bits per heavy atom. The third-order valence-electron chi connectivity index (χ3n) is 5.49. The number of hydrogen-bond donors (Lipinski definition) is 0. The van der Waals surface area contributed by atoms with Crippen molar-refractivity contribution in [2.75, 3.05) is 0 Å². The maximum absolute atomic E-state index is 4.77. The second-order valence-corrected chi connectivity index (χ2v) is 16.9. The standard InChI is InChI=1S/C21H37Si/c1-17(16-18-14-12-11-13-15-18)22(19(2,3)4,20(5,6)7)21(8,9)10/h11-15,17H,1,16H2,2-10H3. The van der Waals surface area contributed by atoms with Gasteiger partial charge in [0.1, 0.15) is 0 Å². The zero-order valence-corrected chi connectivity index (χ0v) is 17.4. The molecule has 0 saturated carbocycles. The van der Waals surface area contributed by atoms with E-state index in [9.17, 15) is 0 Å². The van der Waals surface area contributed by atoms with Crippen LogP contribution in [0.4, 0.5) is 0 Å². The maximum atomic E-state index is 4.77. The van der Waals surface area contributed by atoms with Crippen LogP contribution in [0.1, 0.15) is 67.9 Å². The highest BCUT2D eigenvalue weighted by molar-refractivity contribution is 6.89. The third kappa shape index (κ3) is 3.35. The molecule has 0 N–H and O–H groups in total. The first-order chi connectivity index (χ1) is 9.75. The molecule has 1 radical (unpaired) electrons. The second-order valence-electron chi connectivity index (χ2n) is 9.94. The Labute approximate surface area is 140 Å². The van der Waals surface area contributed by atoms with E-state index in [0.29, 0.717) is 20.7 Å². The molecule has 0 nitrogen and oxygen atoms in total. The summed E-state index contributed by atoms with van der Waals surface area (Å²) in [5, 5.41) is 0.931. The number of rotatable bonds is 3. The van der Waals surface area contributed by atoms with E-state index in [-0.39, 0.29) is 0 Å². The molecule has 22 heavy (non-hydrogen) atoms. The van der Waals surface area contributed by atoms with E-state index in [1.807, 2.05) is 0 Å². The molecule has 1 atom stereocenters. The molecule has 0 aliphatic heterocycles. The predicted molar refractivity (Wildman–Crippen MR) is 104 cm³/mol. The van der Waals surface area contributed by atoms with Crippen LogP contribution in [0.5, 0.6) is 0 Å². The summed E-state index contributed by atoms with van der Waals surface area (Å²) in [4.78, 5) is 0. The smallest absolute Gasteiger partial charge is 0.0625 e. The van der Waals surface area contributed by atoms with Gasteiger partial charge in [0.25, 0.3) is 0 Å². The zero-order valence-electron chi connectivity index (χ0n) is 16.4. The van der Waals surface area contributed by atoms with Gasteiger partial charge in [-0.15, -0.1) is 0 Å². The van der Waals surface area contributed by atoms with E-state index in [2.05, 4.69) is 92.6 Å². The van der Waals surface area contributed by atoms with Crippen molar-refractivity contribution in [2.45, 2.75) is 89.4 Å². The molecule has 0 fully saturated rings. The fourth-order valence-corrected chi connectivity index (χ4v) is 17.2. The van der Waals surface area contributed by atoms with Gasteiger partial charge in [0.15, 0.2) is 0 Å². The SMILES string of the molecule is [CH2]C(Cc1ccccc1)[Si](C(C)(C)C)(C(C)(C)C)C(C)(C)C. The van der Waals surface area contributed by atoms with Gasteiger partial charge in [-0.3, -0.25) is 0 Å². The third-order valence-corrected chi connectivity index (χ3v) is 14.0. The van der Waals surface area contributed by atoms with Gasteiger partial charge in [0.2, 0.25) is 0 Å². The van der Waals surface area contributed by atoms with Gasteiger partial charge < -0.3 is 0 Å². The summed E-state index contributed by atoms with van der Waals surface area (Å²) in [7, 11) is -1.80. The average molecular weight is 318 g/mol. The summed E-state index contributed by atoms with van der Waals surface area (Å²) >= 11 is 0. The monoisotopic (exact) mass is 317 g/mol. The Bertz CT molecular complexity index is 429. The van der Waals surface area contributed by atoms with Crippen molar-refractivity contribution in [3.63, 3.8) is 0 Å². The van der Waals surface area contributed by atoms with E-state index >= 15 is 0 Å². The molecule has 0 saturated heterocycles. The maximum Gasteiger partial charge on any atom is 0.0732 e. The highest BCUT2D eigenvalue weighted by Crippen LogP contribution is 2.67. The van der Waals surface area contributed by atoms with E-state index < -0.39 is 8.07 Å². The van der Waals surface area contributed by atoms with Crippen LogP contribution in [-0.4, -0.2) is 8.07 Å². The van der Waals surface area contributed by atoms with Crippen LogP contribution in [0.25, 0.3) is 0 Å². The number of hydrogen-bond acceptors (Lipinski definition) is 0. The number of benzene rings is 1. The van der Waals surface area contributed by atoms with Gasteiger partial charge in [-0.05, 0) is 32.6 Å². The Kier molecular flexibility index (Phi) is 5.45. The van der Waals surface area contributed by atoms with Crippen LogP contribution in [-0.2, 0) is 6.42 Å². The molecule has 1 heteroatoms. The Balaban J connectivity index is 3.43. The molecular weight excluding hydrogens is 280 g/mol. The van der Waals surface area contributed by atoms with Gasteiger partial charge in [-0.25, -0.2) is 0 Å². The Hall–Kier alpha value is -0.563. The second kappa shape index (κ2) is 6.15. The van der Waals surface area contributed by atoms with Gasteiger partial charge >= 0.3 is 0 Å². The molecule has 1 rings (SSSR count). The topological polar surface area (TPSA) is 0 Å². The molecule has 0 spiro atoms. The van der Waals surface area contributed by atoms with E-state index in [4.69, 9.17) is 6.92 Å². The molecule has 1 unspecified atom stereocenters. The van der Waals surface area contributed by atoms with E-state index in [1.165, 1.54) is 5.56 Å². The summed E-state index contributed by atoms with van der Waals surface area (Å²) < 4.78 is 0. The molecule has 0 heterocycles. The van der Waals surface area contributed by atoms with Gasteiger partial charge in [-0.2, -0.15) is 0 Å². The predicted octanol–water partition coefficient (Wildman–Crippen LogP) is 7.28. The van der Waals surface area contributed by atoms with Crippen molar-refractivity contribution in [2.24, 2.45) is 0 Å². The summed E-state index contributed by atoms with van der Waals surface area (Å²) in [6, 6.07) is 10.9. The normalized spacial score (nSPS) is 15.7. The average Bonchev–Trinajstić information content (AvgIpc) is 2.24. The van der Waals surface area contributed by atoms with Crippen LogP contribution >= 0.6 is 0 Å². The minimum absolute atomic E-state index is 0.310. The lowest BCUT2D eigenvalue weighted by Crippen LogP contribution is -2.61. The molecule has 1 aromatic carbocycles. The molecule has 0 bridgehead atoms. The minimum Gasteiger partial charge on any atom is -0.0625 e. The van der Waals surface area contributed by atoms with Crippen molar-refractivity contribution in [1.82, 2.24) is 0 Å². The fraction of sp³-hybridized carbons (Fsp3) is 0.667. The van der Waals surface area contributed by atoms with Crippen LogP contribution in [0.3, 0.4) is 0 Å². The van der Waals surface area contributed by atoms with Gasteiger partial charge in [0.05, 0.1) is 8.07 Å². The summed E-state index contributed by atoms with van der Waals surface area (Å²) in [6.45, 7) is 26.9. The minimum atomic E-state index is -1.80. The summed E-state index contributed by atoms with van der Waals surface area (Å²) in [6.07, 6.45) is 1.10. The Morgan fingerprint density at radius 3 is 1.45 bits per heavy atom. The van der Waals surface area contributed by atoms with Crippen LogP contribution in [0.15, 0.2) is 30.3 Å². The molecule has 0 aromatic heterocycles. The van der Waals surface area contributed by atoms with Gasteiger partial charge in [-0.1, -0.05) is 99.6 Å². The molecule has 0 aliphatic carbocycles. The highest BCUT2D eigenvalue weighted by Gasteiger charge is 2.61. The first-order valence-corrected chi connectivity index (χ1v) is 10.7. The summed E-state index contributed by atoms with van der Waals surface area (Å²) in [5.41, 5.74) is 1.92. The van der Waals surface area contributed by atoms with Crippen LogP contribution < -0.4 is 0 Å². The molecule has 0 aliphatic rings. The fourth-order valence-electron chi connectivity index (χ4n) is 6.26. The van der Waals surface area contributed by atoms with Crippen molar-refractivity contribution >= 4 is 8.07 Å². The first-order valence-electron chi connectivity index (χ1n) is 8.62. The lowest BCUT2D eigenvalue weighted by atomic mass is 10.1.